The summed E-state index contributed by atoms with van der Waals surface area (Å²) in [7, 11) is 0. The second kappa shape index (κ2) is 9.21. The summed E-state index contributed by atoms with van der Waals surface area (Å²) in [5.74, 6) is -0.333. The lowest BCUT2D eigenvalue weighted by atomic mass is 10.0. The molecule has 0 aliphatic carbocycles. The molecule has 3 aromatic rings. The fourth-order valence-electron chi connectivity index (χ4n) is 3.79. The summed E-state index contributed by atoms with van der Waals surface area (Å²) in [5, 5.41) is 9.60. The van der Waals surface area contributed by atoms with Gasteiger partial charge < -0.3 is 9.84 Å². The van der Waals surface area contributed by atoms with E-state index in [-0.39, 0.29) is 6.61 Å². The van der Waals surface area contributed by atoms with E-state index in [1.54, 1.807) is 11.3 Å². The molecule has 0 amide bonds. The van der Waals surface area contributed by atoms with E-state index in [1.165, 1.54) is 26.4 Å². The first-order valence-corrected chi connectivity index (χ1v) is 11.2. The van der Waals surface area contributed by atoms with Crippen LogP contribution < -0.4 is 4.74 Å². The lowest BCUT2D eigenvalue weighted by Crippen LogP contribution is -2.25. The van der Waals surface area contributed by atoms with Crippen LogP contribution in [-0.4, -0.2) is 35.7 Å². The van der Waals surface area contributed by atoms with Crippen molar-refractivity contribution in [1.29, 1.82) is 0 Å². The summed E-state index contributed by atoms with van der Waals surface area (Å²) in [4.78, 5) is 15.7. The van der Waals surface area contributed by atoms with Crippen molar-refractivity contribution in [3.05, 3.63) is 75.1 Å². The number of carboxylic acids is 1. The van der Waals surface area contributed by atoms with Crippen LogP contribution in [0, 0.1) is 6.92 Å². The minimum absolute atomic E-state index is 0.309. The largest absolute Gasteiger partial charge is 0.482 e. The van der Waals surface area contributed by atoms with Crippen LogP contribution in [0.3, 0.4) is 0 Å². The molecule has 30 heavy (non-hydrogen) atoms. The number of nitrogens with zero attached hydrogens (tertiary/aromatic N) is 1. The average Bonchev–Trinajstić information content (AvgIpc) is 3.07. The second-order valence-electron chi connectivity index (χ2n) is 7.64. The van der Waals surface area contributed by atoms with Crippen molar-refractivity contribution in [3.63, 3.8) is 0 Å². The summed E-state index contributed by atoms with van der Waals surface area (Å²) < 4.78 is 5.34. The zero-order valence-electron chi connectivity index (χ0n) is 16.9. The molecular formula is C24H24ClNO3S. The molecule has 2 heterocycles. The van der Waals surface area contributed by atoms with Crippen LogP contribution in [-0.2, 0) is 24.2 Å². The first-order valence-electron chi connectivity index (χ1n) is 10.0. The Morgan fingerprint density at radius 2 is 1.90 bits per heavy atom. The number of rotatable bonds is 6. The van der Waals surface area contributed by atoms with Crippen molar-refractivity contribution in [2.45, 2.75) is 26.3 Å². The quantitative estimate of drug-likeness (QED) is 0.553. The van der Waals surface area contributed by atoms with E-state index < -0.39 is 5.97 Å². The summed E-state index contributed by atoms with van der Waals surface area (Å²) in [5.41, 5.74) is 4.83. The van der Waals surface area contributed by atoms with Gasteiger partial charge in [-0.2, -0.15) is 0 Å². The second-order valence-corrected chi connectivity index (χ2v) is 9.21. The zero-order valence-corrected chi connectivity index (χ0v) is 18.4. The number of aryl methyl sites for hydroxylation is 1. The molecule has 1 aliphatic heterocycles. The van der Waals surface area contributed by atoms with Gasteiger partial charge in [0.05, 0.1) is 0 Å². The highest BCUT2D eigenvalue weighted by Crippen LogP contribution is 2.34. The molecular weight excluding hydrogens is 418 g/mol. The van der Waals surface area contributed by atoms with Crippen LogP contribution >= 0.6 is 22.9 Å². The van der Waals surface area contributed by atoms with Gasteiger partial charge in [-0.15, -0.1) is 11.3 Å². The van der Waals surface area contributed by atoms with E-state index in [1.807, 2.05) is 25.1 Å². The summed E-state index contributed by atoms with van der Waals surface area (Å²) in [6.45, 7) is 4.63. The van der Waals surface area contributed by atoms with Gasteiger partial charge in [-0.3, -0.25) is 4.90 Å². The average molecular weight is 442 g/mol. The van der Waals surface area contributed by atoms with Crippen LogP contribution in [0.2, 0.25) is 5.02 Å². The number of ether oxygens (including phenoxy) is 1. The normalized spacial score (nSPS) is 14.2. The maximum atomic E-state index is 10.7. The Morgan fingerprint density at radius 1 is 1.10 bits per heavy atom. The highest BCUT2D eigenvalue weighted by molar-refractivity contribution is 7.15. The van der Waals surface area contributed by atoms with Crippen LogP contribution in [0.15, 0.2) is 48.5 Å². The van der Waals surface area contributed by atoms with Crippen LogP contribution in [0.4, 0.5) is 0 Å². The number of benzene rings is 2. The topological polar surface area (TPSA) is 49.8 Å². The van der Waals surface area contributed by atoms with Crippen LogP contribution in [0.5, 0.6) is 5.75 Å². The highest BCUT2D eigenvalue weighted by Gasteiger charge is 2.16. The Hall–Kier alpha value is -2.34. The molecule has 0 saturated carbocycles. The van der Waals surface area contributed by atoms with E-state index in [0.29, 0.717) is 5.75 Å². The van der Waals surface area contributed by atoms with Gasteiger partial charge in [-0.05, 0) is 66.8 Å². The first kappa shape index (κ1) is 20.9. The fraction of sp³-hybridized carbons (Fsp3) is 0.292. The maximum absolute atomic E-state index is 10.7. The Labute approximate surface area is 185 Å². The Balaban J connectivity index is 1.41. The Kier molecular flexibility index (Phi) is 6.42. The molecule has 2 aromatic carbocycles. The third kappa shape index (κ3) is 5.04. The summed E-state index contributed by atoms with van der Waals surface area (Å²) in [6, 6.07) is 16.5. The van der Waals surface area contributed by atoms with E-state index >= 15 is 0 Å². The monoisotopic (exact) mass is 441 g/mol. The molecule has 0 radical (unpaired) electrons. The number of halogens is 1. The standard InChI is InChI=1S/C24H24ClNO3S/c1-16-2-6-21(22(25)12-16)23-7-5-20(30-23)14-26-10-8-17-3-4-19(29-15-24(27)28)13-18(17)9-11-26/h2-7,12-13H,8-11,14-15H2,1H3,(H,27,28). The number of carbonyl (C=O) groups is 1. The molecule has 1 N–H and O–H groups in total. The van der Waals surface area contributed by atoms with Crippen molar-refractivity contribution >= 4 is 28.9 Å². The van der Waals surface area contributed by atoms with Gasteiger partial charge in [0, 0.05) is 40.0 Å². The lowest BCUT2D eigenvalue weighted by Gasteiger charge is -2.18. The number of carboxylic acid groups (broad SMARTS) is 1. The molecule has 0 saturated heterocycles. The Bertz CT molecular complexity index is 1060. The molecule has 0 unspecified atom stereocenters. The summed E-state index contributed by atoms with van der Waals surface area (Å²) >= 11 is 8.24. The van der Waals surface area contributed by atoms with Crippen molar-refractivity contribution in [2.24, 2.45) is 0 Å². The molecule has 4 rings (SSSR count). The fourth-order valence-corrected chi connectivity index (χ4v) is 5.27. The highest BCUT2D eigenvalue weighted by atomic mass is 35.5. The van der Waals surface area contributed by atoms with Gasteiger partial charge in [0.1, 0.15) is 5.75 Å². The molecule has 6 heteroatoms. The SMILES string of the molecule is Cc1ccc(-c2ccc(CN3CCc4ccc(OCC(=O)O)cc4CC3)s2)c(Cl)c1. The number of aliphatic carboxylic acids is 1. The third-order valence-electron chi connectivity index (χ3n) is 5.37. The smallest absolute Gasteiger partial charge is 0.341 e. The first-order chi connectivity index (χ1) is 14.5. The minimum Gasteiger partial charge on any atom is -0.482 e. The van der Waals surface area contributed by atoms with Crippen molar-refractivity contribution in [3.8, 4) is 16.2 Å². The number of fused-ring (bicyclic) bond motifs is 1. The van der Waals surface area contributed by atoms with Gasteiger partial charge >= 0.3 is 5.97 Å². The van der Waals surface area contributed by atoms with Gasteiger partial charge in [0.15, 0.2) is 6.61 Å². The molecule has 0 spiro atoms. The zero-order chi connectivity index (χ0) is 21.1. The molecule has 4 nitrogen and oxygen atoms in total. The van der Waals surface area contributed by atoms with E-state index in [0.717, 1.165) is 43.1 Å². The molecule has 1 aliphatic rings. The van der Waals surface area contributed by atoms with Crippen molar-refractivity contribution in [1.82, 2.24) is 4.90 Å². The lowest BCUT2D eigenvalue weighted by molar-refractivity contribution is -0.139. The molecule has 156 valence electrons. The van der Waals surface area contributed by atoms with E-state index in [4.69, 9.17) is 21.4 Å². The van der Waals surface area contributed by atoms with Crippen molar-refractivity contribution in [2.75, 3.05) is 19.7 Å². The predicted octanol–water partition coefficient (Wildman–Crippen LogP) is 5.44. The summed E-state index contributed by atoms with van der Waals surface area (Å²) in [6.07, 6.45) is 1.91. The number of hydrogen-bond donors (Lipinski definition) is 1. The van der Waals surface area contributed by atoms with Crippen LogP contribution in [0.1, 0.15) is 21.6 Å². The molecule has 0 bridgehead atoms. The van der Waals surface area contributed by atoms with Crippen LogP contribution in [0.25, 0.3) is 10.4 Å². The minimum atomic E-state index is -0.960. The van der Waals surface area contributed by atoms with E-state index in [9.17, 15) is 4.79 Å². The number of hydrogen-bond acceptors (Lipinski definition) is 4. The molecule has 0 atom stereocenters. The predicted molar refractivity (Wildman–Crippen MR) is 122 cm³/mol. The van der Waals surface area contributed by atoms with E-state index in [2.05, 4.69) is 35.2 Å². The van der Waals surface area contributed by atoms with Gasteiger partial charge in [0.2, 0.25) is 0 Å². The third-order valence-corrected chi connectivity index (χ3v) is 6.78. The maximum Gasteiger partial charge on any atom is 0.341 e. The molecule has 0 fully saturated rings. The van der Waals surface area contributed by atoms with Gasteiger partial charge in [0.25, 0.3) is 0 Å². The number of thiophene rings is 1. The Morgan fingerprint density at radius 3 is 2.67 bits per heavy atom. The van der Waals surface area contributed by atoms with Gasteiger partial charge in [-0.25, -0.2) is 4.79 Å². The van der Waals surface area contributed by atoms with Crippen molar-refractivity contribution < 1.29 is 14.6 Å². The van der Waals surface area contributed by atoms with Gasteiger partial charge in [-0.1, -0.05) is 29.8 Å². The molecule has 1 aromatic heterocycles.